The minimum Gasteiger partial charge on any atom is -0.440 e. The molecule has 3 aromatic carbocycles. The highest BCUT2D eigenvalue weighted by Crippen LogP contribution is 2.38. The van der Waals surface area contributed by atoms with Gasteiger partial charge in [0, 0.05) is 17.0 Å². The lowest BCUT2D eigenvalue weighted by molar-refractivity contribution is -0.152. The van der Waals surface area contributed by atoms with E-state index in [0.717, 1.165) is 33.3 Å². The van der Waals surface area contributed by atoms with Gasteiger partial charge >= 0.3 is 5.97 Å². The number of hydrogen-bond donors (Lipinski definition) is 3. The van der Waals surface area contributed by atoms with E-state index in [1.54, 1.807) is 13.8 Å². The Balaban J connectivity index is 1.76. The zero-order chi connectivity index (χ0) is 22.0. The number of para-hydroxylation sites is 1. The molecule has 3 N–H and O–H groups in total. The van der Waals surface area contributed by atoms with Crippen LogP contribution < -0.4 is 10.6 Å². The third-order valence-electron chi connectivity index (χ3n) is 5.32. The zero-order valence-corrected chi connectivity index (χ0v) is 17.6. The first-order chi connectivity index (χ1) is 14.9. The summed E-state index contributed by atoms with van der Waals surface area (Å²) in [6.45, 7) is 6.82. The maximum atomic E-state index is 12.2. The van der Waals surface area contributed by atoms with E-state index in [1.807, 2.05) is 42.5 Å². The molecule has 0 saturated carbocycles. The van der Waals surface area contributed by atoms with Crippen molar-refractivity contribution >= 4 is 28.5 Å². The van der Waals surface area contributed by atoms with Gasteiger partial charge < -0.3 is 15.2 Å². The number of esters is 1. The predicted molar refractivity (Wildman–Crippen MR) is 124 cm³/mol. The molecule has 0 fully saturated rings. The number of anilines is 1. The summed E-state index contributed by atoms with van der Waals surface area (Å²) in [7, 11) is 0. The average molecular weight is 415 g/mol. The Morgan fingerprint density at radius 3 is 2.45 bits per heavy atom. The van der Waals surface area contributed by atoms with Crippen molar-refractivity contribution in [3.8, 4) is 0 Å². The van der Waals surface area contributed by atoms with Gasteiger partial charge in [-0.15, -0.1) is 0 Å². The van der Waals surface area contributed by atoms with Gasteiger partial charge in [0.15, 0.2) is 6.23 Å². The third-order valence-corrected chi connectivity index (χ3v) is 5.32. The summed E-state index contributed by atoms with van der Waals surface area (Å²) in [6.07, 6.45) is 0.271. The summed E-state index contributed by atoms with van der Waals surface area (Å²) in [4.78, 5) is 12.2. The fourth-order valence-corrected chi connectivity index (χ4v) is 3.81. The number of ether oxygens (including phenoxy) is 1. The van der Waals surface area contributed by atoms with Crippen LogP contribution in [0.3, 0.4) is 0 Å². The molecule has 0 spiro atoms. The van der Waals surface area contributed by atoms with Gasteiger partial charge in [-0.1, -0.05) is 61.2 Å². The topological polar surface area (TPSA) is 70.6 Å². The van der Waals surface area contributed by atoms with Crippen molar-refractivity contribution in [1.82, 2.24) is 5.32 Å². The first-order valence-electron chi connectivity index (χ1n) is 10.3. The van der Waals surface area contributed by atoms with Gasteiger partial charge in [-0.05, 0) is 54.0 Å². The summed E-state index contributed by atoms with van der Waals surface area (Å²) in [6, 6.07) is 21.9. The van der Waals surface area contributed by atoms with Gasteiger partial charge in [-0.2, -0.15) is 0 Å². The van der Waals surface area contributed by atoms with Gasteiger partial charge in [-0.3, -0.25) is 5.32 Å². The van der Waals surface area contributed by atoms with Crippen LogP contribution in [0, 0.1) is 0 Å². The molecule has 0 bridgehead atoms. The molecule has 3 atom stereocenters. The lowest BCUT2D eigenvalue weighted by Crippen LogP contribution is -2.45. The van der Waals surface area contributed by atoms with E-state index in [4.69, 9.17) is 4.74 Å². The highest BCUT2D eigenvalue weighted by Gasteiger charge is 2.30. The summed E-state index contributed by atoms with van der Waals surface area (Å²) < 4.78 is 5.50. The summed E-state index contributed by atoms with van der Waals surface area (Å²) in [5, 5.41) is 19.4. The Morgan fingerprint density at radius 1 is 1.06 bits per heavy atom. The first-order valence-corrected chi connectivity index (χ1v) is 10.3. The van der Waals surface area contributed by atoms with Crippen molar-refractivity contribution in [3.05, 3.63) is 95.7 Å². The van der Waals surface area contributed by atoms with Crippen LogP contribution in [0.1, 0.15) is 31.0 Å². The molecular formula is C26H26N2O3. The average Bonchev–Trinajstić information content (AvgIpc) is 2.76. The summed E-state index contributed by atoms with van der Waals surface area (Å²) in [5.74, 6) is -0.547. The van der Waals surface area contributed by atoms with E-state index < -0.39 is 18.3 Å². The van der Waals surface area contributed by atoms with Crippen molar-refractivity contribution in [2.75, 3.05) is 5.32 Å². The maximum Gasteiger partial charge on any atom is 0.334 e. The number of benzene rings is 3. The Morgan fingerprint density at radius 2 is 1.77 bits per heavy atom. The molecule has 5 nitrogen and oxygen atoms in total. The Hall–Kier alpha value is -3.41. The number of aliphatic hydroxyl groups excluding tert-OH is 1. The molecule has 0 aliphatic heterocycles. The van der Waals surface area contributed by atoms with Crippen molar-refractivity contribution in [1.29, 1.82) is 0 Å². The number of carbonyl (C=O) groups excluding carboxylic acids is 1. The second-order valence-corrected chi connectivity index (χ2v) is 7.83. The normalized spacial score (nSPS) is 16.9. The highest BCUT2D eigenvalue weighted by molar-refractivity contribution is 5.96. The van der Waals surface area contributed by atoms with E-state index in [-0.39, 0.29) is 11.6 Å². The van der Waals surface area contributed by atoms with Crippen LogP contribution in [0.5, 0.6) is 0 Å². The summed E-state index contributed by atoms with van der Waals surface area (Å²) in [5.41, 5.74) is 4.28. The molecule has 4 rings (SSSR count). The lowest BCUT2D eigenvalue weighted by Gasteiger charge is -2.33. The van der Waals surface area contributed by atoms with Gasteiger partial charge in [-0.25, -0.2) is 4.79 Å². The number of aliphatic hydroxyl groups is 1. The van der Waals surface area contributed by atoms with E-state index in [0.29, 0.717) is 0 Å². The van der Waals surface area contributed by atoms with Gasteiger partial charge in [0.2, 0.25) is 0 Å². The number of rotatable bonds is 7. The smallest absolute Gasteiger partial charge is 0.334 e. The lowest BCUT2D eigenvalue weighted by atomic mass is 9.87. The molecule has 0 radical (unpaired) electrons. The standard InChI is InChI=1S/C26H26N2O3/c1-16(2)26(30)31-25(17(3)29)28-24-21-14-8-10-18-9-7-11-19(23(18)21)15-22(24)27-20-12-5-4-6-13-20/h4-15,17,24-25,27-29H,1H2,2-3H3. The predicted octanol–water partition coefficient (Wildman–Crippen LogP) is 4.76. The second-order valence-electron chi connectivity index (χ2n) is 7.83. The van der Waals surface area contributed by atoms with Crippen molar-refractivity contribution in [2.24, 2.45) is 0 Å². The van der Waals surface area contributed by atoms with Crippen LogP contribution in [0.25, 0.3) is 16.8 Å². The number of nitrogens with one attached hydrogen (secondary N) is 2. The quantitative estimate of drug-likeness (QED) is 0.295. The van der Waals surface area contributed by atoms with Crippen LogP contribution in [0.4, 0.5) is 5.69 Å². The molecule has 158 valence electrons. The highest BCUT2D eigenvalue weighted by atomic mass is 16.6. The molecule has 3 unspecified atom stereocenters. The molecule has 3 aromatic rings. The molecule has 0 heterocycles. The number of carbonyl (C=O) groups is 1. The van der Waals surface area contributed by atoms with Crippen LogP contribution in [-0.2, 0) is 9.53 Å². The number of hydrogen-bond acceptors (Lipinski definition) is 5. The second kappa shape index (κ2) is 8.76. The fourth-order valence-electron chi connectivity index (χ4n) is 3.81. The zero-order valence-electron chi connectivity index (χ0n) is 17.6. The van der Waals surface area contributed by atoms with Crippen LogP contribution in [0.15, 0.2) is 84.6 Å². The van der Waals surface area contributed by atoms with Crippen molar-refractivity contribution in [2.45, 2.75) is 32.2 Å². The first kappa shape index (κ1) is 20.8. The SMILES string of the molecule is C=C(C)C(=O)OC(NC1C(Nc2ccccc2)=Cc2cccc3cccc1c23)C(C)O. The molecule has 0 amide bonds. The van der Waals surface area contributed by atoms with Crippen LogP contribution >= 0.6 is 0 Å². The molecular weight excluding hydrogens is 388 g/mol. The molecule has 1 aliphatic rings. The van der Waals surface area contributed by atoms with Crippen molar-refractivity contribution < 1.29 is 14.6 Å². The molecule has 31 heavy (non-hydrogen) atoms. The Bertz CT molecular complexity index is 1150. The largest absolute Gasteiger partial charge is 0.440 e. The molecule has 0 saturated heterocycles. The monoisotopic (exact) mass is 414 g/mol. The van der Waals surface area contributed by atoms with Crippen LogP contribution in [0.2, 0.25) is 0 Å². The Kier molecular flexibility index (Phi) is 5.89. The van der Waals surface area contributed by atoms with E-state index in [1.165, 1.54) is 0 Å². The molecule has 1 aliphatic carbocycles. The van der Waals surface area contributed by atoms with Gasteiger partial charge in [0.25, 0.3) is 0 Å². The van der Waals surface area contributed by atoms with Gasteiger partial charge in [0.05, 0.1) is 6.04 Å². The minimum atomic E-state index is -0.919. The fraction of sp³-hybridized carbons (Fsp3) is 0.192. The summed E-state index contributed by atoms with van der Waals surface area (Å²) >= 11 is 0. The molecule has 0 aromatic heterocycles. The maximum absolute atomic E-state index is 12.2. The van der Waals surface area contributed by atoms with E-state index >= 15 is 0 Å². The van der Waals surface area contributed by atoms with Crippen LogP contribution in [-0.4, -0.2) is 23.4 Å². The molecule has 5 heteroatoms. The van der Waals surface area contributed by atoms with E-state index in [9.17, 15) is 9.90 Å². The minimum absolute atomic E-state index is 0.279. The van der Waals surface area contributed by atoms with Gasteiger partial charge in [0.1, 0.15) is 6.10 Å². The van der Waals surface area contributed by atoms with E-state index in [2.05, 4.69) is 47.6 Å². The third kappa shape index (κ3) is 4.38. The van der Waals surface area contributed by atoms with Crippen molar-refractivity contribution in [3.63, 3.8) is 0 Å². The Labute approximate surface area is 182 Å².